The molecule has 3 rings (SSSR count). The van der Waals surface area contributed by atoms with Crippen molar-refractivity contribution in [3.8, 4) is 0 Å². The summed E-state index contributed by atoms with van der Waals surface area (Å²) in [7, 11) is 1.59. The van der Waals surface area contributed by atoms with E-state index >= 15 is 0 Å². The Hall–Kier alpha value is -2.31. The smallest absolute Gasteiger partial charge is 0.270 e. The number of aromatic nitrogens is 2. The van der Waals surface area contributed by atoms with Crippen molar-refractivity contribution in [1.29, 1.82) is 0 Å². The monoisotopic (exact) mass is 327 g/mol. The van der Waals surface area contributed by atoms with Crippen LogP contribution >= 0.6 is 0 Å². The van der Waals surface area contributed by atoms with Gasteiger partial charge in [0, 0.05) is 13.3 Å². The molecule has 1 unspecified atom stereocenters. The maximum atomic E-state index is 12.6. The highest BCUT2D eigenvalue weighted by Gasteiger charge is 2.36. The van der Waals surface area contributed by atoms with Crippen molar-refractivity contribution in [3.63, 3.8) is 0 Å². The van der Waals surface area contributed by atoms with E-state index in [9.17, 15) is 9.90 Å². The number of carbonyl (C=O) groups excluding carboxylic acids is 1. The first-order chi connectivity index (χ1) is 11.7. The van der Waals surface area contributed by atoms with Crippen molar-refractivity contribution in [1.82, 2.24) is 15.3 Å². The molecule has 1 atom stereocenters. The number of carbonyl (C=O) groups is 1. The molecule has 0 radical (unpaired) electrons. The Morgan fingerprint density at radius 1 is 1.33 bits per heavy atom. The van der Waals surface area contributed by atoms with E-state index < -0.39 is 0 Å². The van der Waals surface area contributed by atoms with Crippen LogP contribution in [0.15, 0.2) is 42.6 Å². The van der Waals surface area contributed by atoms with Gasteiger partial charge in [-0.25, -0.2) is 4.98 Å². The average Bonchev–Trinajstić information content (AvgIpc) is 2.58. The van der Waals surface area contributed by atoms with E-state index in [1.54, 1.807) is 25.4 Å². The summed E-state index contributed by atoms with van der Waals surface area (Å²) in [6.07, 6.45) is 2.75. The summed E-state index contributed by atoms with van der Waals surface area (Å²) >= 11 is 0. The minimum atomic E-state index is -0.290. The van der Waals surface area contributed by atoms with Gasteiger partial charge in [-0.2, -0.15) is 0 Å². The Morgan fingerprint density at radius 2 is 2.17 bits per heavy atom. The number of pyridine rings is 2. The van der Waals surface area contributed by atoms with Crippen LogP contribution in [0.1, 0.15) is 40.8 Å². The van der Waals surface area contributed by atoms with Crippen LogP contribution in [0.2, 0.25) is 0 Å². The minimum Gasteiger partial charge on any atom is -0.393 e. The predicted octanol–water partition coefficient (Wildman–Crippen LogP) is 1.86. The second-order valence-electron chi connectivity index (χ2n) is 6.04. The lowest BCUT2D eigenvalue weighted by Crippen LogP contribution is -2.42. The van der Waals surface area contributed by atoms with E-state index in [4.69, 9.17) is 4.74 Å². The van der Waals surface area contributed by atoms with Crippen LogP contribution in [-0.2, 0) is 11.3 Å². The molecule has 1 saturated carbocycles. The van der Waals surface area contributed by atoms with Crippen LogP contribution in [0, 0.1) is 5.92 Å². The van der Waals surface area contributed by atoms with E-state index in [-0.39, 0.29) is 24.0 Å². The highest BCUT2D eigenvalue weighted by Crippen LogP contribution is 2.37. The van der Waals surface area contributed by atoms with Crippen molar-refractivity contribution in [2.45, 2.75) is 31.6 Å². The molecule has 126 valence electrons. The molecule has 2 N–H and O–H groups in total. The fourth-order valence-corrected chi connectivity index (χ4v) is 2.94. The molecule has 0 spiro atoms. The third-order valence-electron chi connectivity index (χ3n) is 4.25. The van der Waals surface area contributed by atoms with Crippen molar-refractivity contribution in [2.75, 3.05) is 7.11 Å². The first-order valence-corrected chi connectivity index (χ1v) is 8.02. The van der Waals surface area contributed by atoms with Crippen LogP contribution in [0.3, 0.4) is 0 Å². The van der Waals surface area contributed by atoms with Gasteiger partial charge in [0.25, 0.3) is 5.91 Å². The normalized spacial score (nSPS) is 20.9. The molecule has 0 bridgehead atoms. The quantitative estimate of drug-likeness (QED) is 0.846. The van der Waals surface area contributed by atoms with Gasteiger partial charge < -0.3 is 15.2 Å². The Bertz CT molecular complexity index is 687. The maximum Gasteiger partial charge on any atom is 0.270 e. The molecule has 2 heterocycles. The molecular weight excluding hydrogens is 306 g/mol. The van der Waals surface area contributed by atoms with Gasteiger partial charge >= 0.3 is 0 Å². The Morgan fingerprint density at radius 3 is 2.83 bits per heavy atom. The molecule has 1 amide bonds. The number of aliphatic hydroxyl groups excluding tert-OH is 1. The molecular formula is C18H21N3O3. The SMILES string of the molecule is COCc1cccc(C(=O)NC(c2ccccn2)C2CC(O)C2)n1. The summed E-state index contributed by atoms with van der Waals surface area (Å²) in [6.45, 7) is 0.361. The second kappa shape index (κ2) is 7.51. The standard InChI is InChI=1S/C18H21N3O3/c1-24-11-13-5-4-7-16(20-13)18(23)21-17(12-9-14(22)10-12)15-6-2-3-8-19-15/h2-8,12,14,17,22H,9-11H2,1H3,(H,21,23). The topological polar surface area (TPSA) is 84.3 Å². The zero-order valence-corrected chi connectivity index (χ0v) is 13.6. The lowest BCUT2D eigenvalue weighted by molar-refractivity contribution is 0.0227. The Balaban J connectivity index is 1.77. The first kappa shape index (κ1) is 16.5. The maximum absolute atomic E-state index is 12.6. The third kappa shape index (κ3) is 3.77. The van der Waals surface area contributed by atoms with Crippen molar-refractivity contribution in [3.05, 3.63) is 59.7 Å². The Kier molecular flexibility index (Phi) is 5.17. The summed E-state index contributed by atoms with van der Waals surface area (Å²) in [6, 6.07) is 10.7. The highest BCUT2D eigenvalue weighted by atomic mass is 16.5. The largest absolute Gasteiger partial charge is 0.393 e. The van der Waals surface area contributed by atoms with Gasteiger partial charge in [-0.05, 0) is 43.0 Å². The molecule has 1 aliphatic rings. The molecule has 0 aliphatic heterocycles. The zero-order chi connectivity index (χ0) is 16.9. The number of rotatable bonds is 6. The first-order valence-electron chi connectivity index (χ1n) is 8.02. The number of methoxy groups -OCH3 is 1. The summed E-state index contributed by atoms with van der Waals surface area (Å²) < 4.78 is 5.06. The van der Waals surface area contributed by atoms with Gasteiger partial charge in [0.05, 0.1) is 30.1 Å². The number of hydrogen-bond acceptors (Lipinski definition) is 5. The highest BCUT2D eigenvalue weighted by molar-refractivity contribution is 5.92. The summed E-state index contributed by atoms with van der Waals surface area (Å²) in [5, 5.41) is 12.6. The van der Waals surface area contributed by atoms with Crippen LogP contribution in [-0.4, -0.2) is 34.2 Å². The molecule has 24 heavy (non-hydrogen) atoms. The van der Waals surface area contributed by atoms with E-state index in [0.29, 0.717) is 30.8 Å². The van der Waals surface area contributed by atoms with E-state index in [2.05, 4.69) is 15.3 Å². The fraction of sp³-hybridized carbons (Fsp3) is 0.389. The van der Waals surface area contributed by atoms with Gasteiger partial charge in [0.2, 0.25) is 0 Å². The van der Waals surface area contributed by atoms with Gasteiger partial charge in [0.1, 0.15) is 5.69 Å². The van der Waals surface area contributed by atoms with Crippen molar-refractivity contribution >= 4 is 5.91 Å². The summed E-state index contributed by atoms with van der Waals surface area (Å²) in [5.41, 5.74) is 1.86. The van der Waals surface area contributed by atoms with Gasteiger partial charge in [-0.15, -0.1) is 0 Å². The van der Waals surface area contributed by atoms with Gasteiger partial charge in [-0.3, -0.25) is 9.78 Å². The second-order valence-corrected chi connectivity index (χ2v) is 6.04. The number of nitrogens with zero attached hydrogens (tertiary/aromatic N) is 2. The van der Waals surface area contributed by atoms with Crippen molar-refractivity contribution in [2.24, 2.45) is 5.92 Å². The van der Waals surface area contributed by atoms with Crippen LogP contribution in [0.4, 0.5) is 0 Å². The lowest BCUT2D eigenvalue weighted by Gasteiger charge is -2.37. The van der Waals surface area contributed by atoms with E-state index in [0.717, 1.165) is 5.69 Å². The predicted molar refractivity (Wildman–Crippen MR) is 88.1 cm³/mol. The number of nitrogens with one attached hydrogen (secondary N) is 1. The Labute approximate surface area is 140 Å². The minimum absolute atomic E-state index is 0.181. The number of amides is 1. The van der Waals surface area contributed by atoms with Gasteiger partial charge in [0.15, 0.2) is 0 Å². The lowest BCUT2D eigenvalue weighted by atomic mass is 9.76. The van der Waals surface area contributed by atoms with E-state index in [1.807, 2.05) is 24.3 Å². The summed E-state index contributed by atoms with van der Waals surface area (Å²) in [4.78, 5) is 21.3. The molecule has 2 aromatic heterocycles. The van der Waals surface area contributed by atoms with Gasteiger partial charge in [-0.1, -0.05) is 12.1 Å². The molecule has 1 fully saturated rings. The number of hydrogen-bond donors (Lipinski definition) is 2. The molecule has 0 aromatic carbocycles. The van der Waals surface area contributed by atoms with E-state index in [1.165, 1.54) is 0 Å². The molecule has 1 aliphatic carbocycles. The molecule has 6 nitrogen and oxygen atoms in total. The number of aliphatic hydroxyl groups is 1. The van der Waals surface area contributed by atoms with Crippen molar-refractivity contribution < 1.29 is 14.6 Å². The fourth-order valence-electron chi connectivity index (χ4n) is 2.94. The zero-order valence-electron chi connectivity index (χ0n) is 13.6. The summed E-state index contributed by atoms with van der Waals surface area (Å²) in [5.74, 6) is -0.0639. The average molecular weight is 327 g/mol. The van der Waals surface area contributed by atoms with Crippen LogP contribution in [0.25, 0.3) is 0 Å². The molecule has 2 aromatic rings. The number of ether oxygens (including phenoxy) is 1. The molecule has 0 saturated heterocycles. The third-order valence-corrected chi connectivity index (χ3v) is 4.25. The van der Waals surface area contributed by atoms with Crippen LogP contribution in [0.5, 0.6) is 0 Å². The van der Waals surface area contributed by atoms with Crippen LogP contribution < -0.4 is 5.32 Å². The molecule has 6 heteroatoms.